The number of carbonyl (C=O) groups is 1. The molecule has 1 amide bonds. The molecule has 0 aromatic heterocycles. The normalized spacial score (nSPS) is 21.8. The molecule has 3 N–H and O–H groups in total. The smallest absolute Gasteiger partial charge is 0.221 e. The highest BCUT2D eigenvalue weighted by Crippen LogP contribution is 2.38. The van der Waals surface area contributed by atoms with Crippen molar-refractivity contribution >= 4 is 11.6 Å². The second-order valence-corrected chi connectivity index (χ2v) is 6.09. The number of carbonyl (C=O) groups excluding carboxylic acids is 1. The van der Waals surface area contributed by atoms with Crippen LogP contribution >= 0.6 is 0 Å². The Kier molecular flexibility index (Phi) is 3.60. The maximum Gasteiger partial charge on any atom is 0.221 e. The van der Waals surface area contributed by atoms with Crippen LogP contribution < -0.4 is 11.1 Å². The fraction of sp³-hybridized carbons (Fsp3) is 0.533. The van der Waals surface area contributed by atoms with Crippen molar-refractivity contribution in [3.05, 3.63) is 29.8 Å². The number of nitrogens with two attached hydrogens (primary N) is 1. The van der Waals surface area contributed by atoms with Gasteiger partial charge < -0.3 is 11.1 Å². The number of benzene rings is 1. The quantitative estimate of drug-likeness (QED) is 0.858. The zero-order valence-electron chi connectivity index (χ0n) is 11.2. The summed E-state index contributed by atoms with van der Waals surface area (Å²) in [6.07, 6.45) is 4.05. The maximum atomic E-state index is 10.8. The Morgan fingerprint density at radius 1 is 1.39 bits per heavy atom. The summed E-state index contributed by atoms with van der Waals surface area (Å²) in [4.78, 5) is 10.8. The Bertz CT molecular complexity index is 423. The third kappa shape index (κ3) is 3.49. The van der Waals surface area contributed by atoms with Gasteiger partial charge in [-0.1, -0.05) is 26.0 Å². The number of primary amides is 1. The lowest BCUT2D eigenvalue weighted by Gasteiger charge is -2.18. The number of anilines is 1. The van der Waals surface area contributed by atoms with Gasteiger partial charge in [-0.3, -0.25) is 4.79 Å². The van der Waals surface area contributed by atoms with Crippen molar-refractivity contribution in [3.8, 4) is 0 Å². The number of amides is 1. The molecular formula is C15H22N2O. The zero-order valence-corrected chi connectivity index (χ0v) is 11.2. The third-order valence-corrected chi connectivity index (χ3v) is 3.67. The van der Waals surface area contributed by atoms with E-state index in [0.29, 0.717) is 17.9 Å². The average molecular weight is 246 g/mol. The molecule has 1 aromatic carbocycles. The Hall–Kier alpha value is -1.51. The number of nitrogens with one attached hydrogen (secondary N) is 1. The summed E-state index contributed by atoms with van der Waals surface area (Å²) in [6.45, 7) is 4.65. The number of hydrogen-bond acceptors (Lipinski definition) is 2. The number of hydrogen-bond donors (Lipinski definition) is 2. The summed E-state index contributed by atoms with van der Waals surface area (Å²) >= 11 is 0. The maximum absolute atomic E-state index is 10.8. The third-order valence-electron chi connectivity index (χ3n) is 3.67. The fourth-order valence-electron chi connectivity index (χ4n) is 2.72. The second kappa shape index (κ2) is 5.01. The standard InChI is InChI=1S/C15H22N2O/c1-15(2)8-7-13(10-15)17-12-5-3-11(4-6-12)9-14(16)18/h3-6,13,17H,7-10H2,1-2H3,(H2,16,18). The molecule has 1 aliphatic rings. The van der Waals surface area contributed by atoms with Crippen molar-refractivity contribution in [3.63, 3.8) is 0 Å². The van der Waals surface area contributed by atoms with E-state index in [1.54, 1.807) is 0 Å². The Morgan fingerprint density at radius 2 is 2.06 bits per heavy atom. The highest BCUT2D eigenvalue weighted by Gasteiger charge is 2.30. The molecule has 1 aliphatic carbocycles. The van der Waals surface area contributed by atoms with E-state index < -0.39 is 0 Å². The molecule has 0 saturated heterocycles. The lowest BCUT2D eigenvalue weighted by atomic mass is 9.92. The zero-order chi connectivity index (χ0) is 13.2. The first-order valence-corrected chi connectivity index (χ1v) is 6.58. The van der Waals surface area contributed by atoms with Gasteiger partial charge in [-0.15, -0.1) is 0 Å². The molecule has 0 spiro atoms. The van der Waals surface area contributed by atoms with Gasteiger partial charge in [-0.2, -0.15) is 0 Å². The molecule has 98 valence electrons. The largest absolute Gasteiger partial charge is 0.382 e. The van der Waals surface area contributed by atoms with Crippen LogP contribution in [0.3, 0.4) is 0 Å². The first-order valence-electron chi connectivity index (χ1n) is 6.58. The molecular weight excluding hydrogens is 224 g/mol. The Morgan fingerprint density at radius 3 is 2.56 bits per heavy atom. The second-order valence-electron chi connectivity index (χ2n) is 6.09. The summed E-state index contributed by atoms with van der Waals surface area (Å²) < 4.78 is 0. The molecule has 1 aromatic rings. The molecule has 0 heterocycles. The van der Waals surface area contributed by atoms with Crippen LogP contribution in [-0.4, -0.2) is 11.9 Å². The van der Waals surface area contributed by atoms with Crippen LogP contribution in [0, 0.1) is 5.41 Å². The van der Waals surface area contributed by atoms with E-state index in [1.807, 2.05) is 24.3 Å². The van der Waals surface area contributed by atoms with E-state index in [9.17, 15) is 4.79 Å². The molecule has 0 aliphatic heterocycles. The highest BCUT2D eigenvalue weighted by molar-refractivity contribution is 5.76. The van der Waals surface area contributed by atoms with Gasteiger partial charge in [0.05, 0.1) is 6.42 Å². The van der Waals surface area contributed by atoms with Crippen molar-refractivity contribution in [1.82, 2.24) is 0 Å². The molecule has 1 atom stereocenters. The van der Waals surface area contributed by atoms with E-state index >= 15 is 0 Å². The average Bonchev–Trinajstić information content (AvgIpc) is 2.60. The van der Waals surface area contributed by atoms with Crippen molar-refractivity contribution in [2.45, 2.75) is 45.6 Å². The monoisotopic (exact) mass is 246 g/mol. The minimum atomic E-state index is -0.284. The molecule has 2 rings (SSSR count). The van der Waals surface area contributed by atoms with Crippen LogP contribution in [0.4, 0.5) is 5.69 Å². The lowest BCUT2D eigenvalue weighted by Crippen LogP contribution is -2.17. The van der Waals surface area contributed by atoms with Crippen molar-refractivity contribution in [1.29, 1.82) is 0 Å². The van der Waals surface area contributed by atoms with Crippen LogP contribution in [0.1, 0.15) is 38.7 Å². The summed E-state index contributed by atoms with van der Waals surface area (Å²) in [7, 11) is 0. The summed E-state index contributed by atoms with van der Waals surface area (Å²) in [6, 6.07) is 8.56. The van der Waals surface area contributed by atoms with Crippen LogP contribution in [0.2, 0.25) is 0 Å². The van der Waals surface area contributed by atoms with Crippen LogP contribution in [-0.2, 0) is 11.2 Å². The van der Waals surface area contributed by atoms with Gasteiger partial charge in [0.25, 0.3) is 0 Å². The molecule has 3 nitrogen and oxygen atoms in total. The van der Waals surface area contributed by atoms with Crippen molar-refractivity contribution in [2.75, 3.05) is 5.32 Å². The predicted octanol–water partition coefficient (Wildman–Crippen LogP) is 2.71. The SMILES string of the molecule is CC1(C)CCC(Nc2ccc(CC(N)=O)cc2)C1. The molecule has 0 bridgehead atoms. The van der Waals surface area contributed by atoms with Gasteiger partial charge in [-0.05, 0) is 42.4 Å². The lowest BCUT2D eigenvalue weighted by molar-refractivity contribution is -0.117. The van der Waals surface area contributed by atoms with E-state index in [0.717, 1.165) is 11.3 Å². The molecule has 3 heteroatoms. The highest BCUT2D eigenvalue weighted by atomic mass is 16.1. The van der Waals surface area contributed by atoms with E-state index in [1.165, 1.54) is 19.3 Å². The molecule has 1 fully saturated rings. The molecule has 1 saturated carbocycles. The van der Waals surface area contributed by atoms with E-state index in [4.69, 9.17) is 5.73 Å². The molecule has 1 unspecified atom stereocenters. The van der Waals surface area contributed by atoms with Crippen molar-refractivity contribution in [2.24, 2.45) is 11.1 Å². The summed E-state index contributed by atoms with van der Waals surface area (Å²) in [5.74, 6) is -0.284. The van der Waals surface area contributed by atoms with Gasteiger partial charge in [0, 0.05) is 11.7 Å². The number of rotatable bonds is 4. The van der Waals surface area contributed by atoms with Gasteiger partial charge in [0.15, 0.2) is 0 Å². The van der Waals surface area contributed by atoms with E-state index in [2.05, 4.69) is 19.2 Å². The minimum absolute atomic E-state index is 0.284. The van der Waals surface area contributed by atoms with E-state index in [-0.39, 0.29) is 5.91 Å². The first kappa shape index (κ1) is 12.9. The van der Waals surface area contributed by atoms with Gasteiger partial charge in [-0.25, -0.2) is 0 Å². The molecule has 0 radical (unpaired) electrons. The Balaban J connectivity index is 1.92. The summed E-state index contributed by atoms with van der Waals surface area (Å²) in [5, 5.41) is 3.56. The fourth-order valence-corrected chi connectivity index (χ4v) is 2.72. The predicted molar refractivity (Wildman–Crippen MR) is 74.4 cm³/mol. The summed E-state index contributed by atoms with van der Waals surface area (Å²) in [5.41, 5.74) is 7.73. The topological polar surface area (TPSA) is 55.1 Å². The van der Waals surface area contributed by atoms with Gasteiger partial charge >= 0.3 is 0 Å². The first-order chi connectivity index (χ1) is 8.44. The Labute approximate surface area is 109 Å². The van der Waals surface area contributed by atoms with Gasteiger partial charge in [0.1, 0.15) is 0 Å². The van der Waals surface area contributed by atoms with Gasteiger partial charge in [0.2, 0.25) is 5.91 Å². The molecule has 18 heavy (non-hydrogen) atoms. The minimum Gasteiger partial charge on any atom is -0.382 e. The van der Waals surface area contributed by atoms with Crippen LogP contribution in [0.25, 0.3) is 0 Å². The van der Waals surface area contributed by atoms with Crippen LogP contribution in [0.5, 0.6) is 0 Å². The van der Waals surface area contributed by atoms with Crippen LogP contribution in [0.15, 0.2) is 24.3 Å². The van der Waals surface area contributed by atoms with Crippen molar-refractivity contribution < 1.29 is 4.79 Å².